The van der Waals surface area contributed by atoms with Gasteiger partial charge in [0.2, 0.25) is 0 Å². The minimum atomic E-state index is -2.04. The Bertz CT molecular complexity index is 1600. The highest BCUT2D eigenvalue weighted by Gasteiger charge is 2.76. The molecular weight excluding hydrogens is 603 g/mol. The number of alkyl halides is 1. The van der Waals surface area contributed by atoms with Crippen molar-refractivity contribution in [1.29, 1.82) is 0 Å². The van der Waals surface area contributed by atoms with E-state index in [4.69, 9.17) is 4.74 Å². The molecule has 1 unspecified atom stereocenters. The summed E-state index contributed by atoms with van der Waals surface area (Å²) in [5.41, 5.74) is -1.96. The molecule has 5 nitrogen and oxygen atoms in total. The number of allylic oxidation sites excluding steroid dienone is 13. The van der Waals surface area contributed by atoms with Crippen molar-refractivity contribution in [3.8, 4) is 0 Å². The molecule has 5 rings (SSSR count). The molecule has 260 valence electrons. The van der Waals surface area contributed by atoms with Crippen molar-refractivity contribution < 1.29 is 28.6 Å². The largest absolute Gasteiger partial charge is 0.458 e. The maximum Gasteiger partial charge on any atom is 0.316 e. The number of esters is 1. The molecule has 5 aliphatic rings. The highest BCUT2D eigenvalue weighted by Crippen LogP contribution is 2.71. The molecule has 6 heteroatoms. The third-order valence-electron chi connectivity index (χ3n) is 13.4. The molecular formula is C42H55FO5. The van der Waals surface area contributed by atoms with Crippen LogP contribution >= 0.6 is 0 Å². The lowest BCUT2D eigenvalue weighted by atomic mass is 9.44. The van der Waals surface area contributed by atoms with Gasteiger partial charge in [-0.15, -0.1) is 0 Å². The molecule has 0 amide bonds. The molecule has 0 spiro atoms. The Kier molecular flexibility index (Phi) is 9.53. The maximum absolute atomic E-state index is 18.7. The van der Waals surface area contributed by atoms with Gasteiger partial charge in [0.15, 0.2) is 17.2 Å². The normalized spacial score (nSPS) is 41.7. The van der Waals surface area contributed by atoms with Gasteiger partial charge < -0.3 is 9.84 Å². The lowest BCUT2D eigenvalue weighted by Crippen LogP contribution is -2.70. The number of ether oxygens (including phenoxy) is 1. The second kappa shape index (κ2) is 12.6. The molecule has 0 heterocycles. The Morgan fingerprint density at radius 1 is 1.06 bits per heavy atom. The van der Waals surface area contributed by atoms with Crippen molar-refractivity contribution in [3.63, 3.8) is 0 Å². The minimum Gasteiger partial charge on any atom is -0.458 e. The van der Waals surface area contributed by atoms with E-state index in [2.05, 4.69) is 0 Å². The molecule has 0 bridgehead atoms. The monoisotopic (exact) mass is 658 g/mol. The molecule has 3 fully saturated rings. The van der Waals surface area contributed by atoms with Gasteiger partial charge in [0, 0.05) is 16.7 Å². The molecule has 48 heavy (non-hydrogen) atoms. The van der Waals surface area contributed by atoms with Gasteiger partial charge in [-0.25, -0.2) is 4.39 Å². The fourth-order valence-corrected chi connectivity index (χ4v) is 10.4. The summed E-state index contributed by atoms with van der Waals surface area (Å²) in [6, 6.07) is 0. The van der Waals surface area contributed by atoms with Gasteiger partial charge in [0.1, 0.15) is 11.7 Å². The molecule has 0 aromatic rings. The van der Waals surface area contributed by atoms with Gasteiger partial charge in [0.05, 0.1) is 5.41 Å². The lowest BCUT2D eigenvalue weighted by Gasteiger charge is -2.63. The van der Waals surface area contributed by atoms with Crippen LogP contribution in [0.15, 0.2) is 82.5 Å². The Morgan fingerprint density at radius 3 is 2.44 bits per heavy atom. The van der Waals surface area contributed by atoms with Crippen LogP contribution in [0.2, 0.25) is 0 Å². The van der Waals surface area contributed by atoms with Crippen LogP contribution in [0.25, 0.3) is 0 Å². The molecule has 3 saturated carbocycles. The first-order valence-electron chi connectivity index (χ1n) is 17.8. The van der Waals surface area contributed by atoms with Crippen LogP contribution in [0.3, 0.4) is 0 Å². The van der Waals surface area contributed by atoms with Gasteiger partial charge in [-0.2, -0.15) is 0 Å². The van der Waals surface area contributed by atoms with Gasteiger partial charge in [0.25, 0.3) is 0 Å². The standard InChI is InChI=1S/C42H55FO5/c1-10-26(2)13-11-14-27(3)16-18-33-28(4)15-12-21-38(33,7)37(46)48-36-25-40(9)35(23-29(5)42(40,47)30(6)44)34-19-17-31-24-32(45)20-22-39(31,8)41(34,36)43/h10-11,13-14,16,18,20,22,24,29,34-36,47H,12,15,17,19,21,23,25H2,1-9H3/b13-11+,18-16+,26-10+,27-14+/t29-,34+,35+,36+,38?,39+,40+,41+,42+/m1/s1. The van der Waals surface area contributed by atoms with Crippen LogP contribution in [0.5, 0.6) is 0 Å². The quantitative estimate of drug-likeness (QED) is 0.218. The van der Waals surface area contributed by atoms with E-state index in [1.807, 2.05) is 91.8 Å². The van der Waals surface area contributed by atoms with E-state index >= 15 is 4.39 Å². The second-order valence-corrected chi connectivity index (χ2v) is 16.1. The molecule has 1 N–H and O–H groups in total. The van der Waals surface area contributed by atoms with Crippen molar-refractivity contribution in [2.24, 2.45) is 34.0 Å². The summed E-state index contributed by atoms with van der Waals surface area (Å²) in [4.78, 5) is 40.4. The minimum absolute atomic E-state index is 0.0191. The summed E-state index contributed by atoms with van der Waals surface area (Å²) >= 11 is 0. The molecule has 5 aliphatic carbocycles. The lowest BCUT2D eigenvalue weighted by molar-refractivity contribution is -0.232. The predicted molar refractivity (Wildman–Crippen MR) is 189 cm³/mol. The van der Waals surface area contributed by atoms with Crippen LogP contribution < -0.4 is 0 Å². The van der Waals surface area contributed by atoms with Crippen LogP contribution in [-0.2, 0) is 19.1 Å². The Hall–Kier alpha value is -3.12. The number of hydrogen-bond acceptors (Lipinski definition) is 5. The summed E-state index contributed by atoms with van der Waals surface area (Å²) in [6.45, 7) is 17.0. The zero-order chi connectivity index (χ0) is 35.4. The molecule has 0 aliphatic heterocycles. The Balaban J connectivity index is 1.56. The molecule has 0 aromatic carbocycles. The number of Topliss-reactive ketones (excluding diaryl/α,β-unsaturated/α-hetero) is 1. The molecule has 0 radical (unpaired) electrons. The van der Waals surface area contributed by atoms with Crippen LogP contribution in [0.1, 0.15) is 107 Å². The summed E-state index contributed by atoms with van der Waals surface area (Å²) in [7, 11) is 0. The zero-order valence-corrected chi connectivity index (χ0v) is 30.4. The number of halogens is 1. The van der Waals surface area contributed by atoms with Gasteiger partial charge >= 0.3 is 5.97 Å². The Morgan fingerprint density at radius 2 is 1.77 bits per heavy atom. The molecule has 0 saturated heterocycles. The summed E-state index contributed by atoms with van der Waals surface area (Å²) in [5.74, 6) is -2.22. The number of rotatable bonds is 7. The van der Waals surface area contributed by atoms with Crippen molar-refractivity contribution in [2.45, 2.75) is 125 Å². The summed E-state index contributed by atoms with van der Waals surface area (Å²) in [5, 5.41) is 12.1. The van der Waals surface area contributed by atoms with E-state index in [1.165, 1.54) is 18.6 Å². The van der Waals surface area contributed by atoms with E-state index in [-0.39, 0.29) is 29.8 Å². The van der Waals surface area contributed by atoms with Crippen molar-refractivity contribution >= 4 is 17.5 Å². The highest BCUT2D eigenvalue weighted by molar-refractivity contribution is 6.01. The topological polar surface area (TPSA) is 80.7 Å². The zero-order valence-electron chi connectivity index (χ0n) is 30.4. The fraction of sp³-hybridized carbons (Fsp3) is 0.595. The van der Waals surface area contributed by atoms with Crippen LogP contribution in [-0.4, -0.2) is 40.0 Å². The Labute approximate surface area is 286 Å². The number of carbonyl (C=O) groups excluding carboxylic acids is 3. The first-order chi connectivity index (χ1) is 22.4. The third-order valence-corrected chi connectivity index (χ3v) is 13.4. The smallest absolute Gasteiger partial charge is 0.316 e. The first-order valence-corrected chi connectivity index (χ1v) is 17.8. The maximum atomic E-state index is 18.7. The number of aliphatic hydroxyl groups is 1. The highest BCUT2D eigenvalue weighted by atomic mass is 19.1. The van der Waals surface area contributed by atoms with E-state index < -0.39 is 45.5 Å². The number of ketones is 2. The molecule has 9 atom stereocenters. The fourth-order valence-electron chi connectivity index (χ4n) is 10.4. The van der Waals surface area contributed by atoms with Gasteiger partial charge in [-0.05, 0) is 123 Å². The average Bonchev–Trinajstić information content (AvgIpc) is 3.23. The third kappa shape index (κ3) is 5.32. The van der Waals surface area contributed by atoms with Crippen molar-refractivity contribution in [1.82, 2.24) is 0 Å². The number of fused-ring (bicyclic) bond motifs is 5. The second-order valence-electron chi connectivity index (χ2n) is 16.1. The number of hydrogen-bond donors (Lipinski definition) is 1. The van der Waals surface area contributed by atoms with Gasteiger partial charge in [-0.3, -0.25) is 14.4 Å². The van der Waals surface area contributed by atoms with Gasteiger partial charge in [-0.1, -0.05) is 78.7 Å². The predicted octanol–water partition coefficient (Wildman–Crippen LogP) is 9.01. The summed E-state index contributed by atoms with van der Waals surface area (Å²) in [6.07, 6.45) is 19.3. The first kappa shape index (κ1) is 36.2. The van der Waals surface area contributed by atoms with Crippen molar-refractivity contribution in [3.05, 3.63) is 82.5 Å². The summed E-state index contributed by atoms with van der Waals surface area (Å²) < 4.78 is 25.2. The van der Waals surface area contributed by atoms with Crippen LogP contribution in [0.4, 0.5) is 4.39 Å². The SMILES string of the molecule is C/C=C(C)/C=C/C=C(C)/C=C/C1=C(C)CCCC1(C)C(=O)O[C@H]1C[C@@]2(C)[C@@H](C[C@@H](C)[C@]2(O)C(C)=O)[C@@H]2CCC3=CC(=O)C=C[C@]3(C)[C@@]12F. The van der Waals surface area contributed by atoms with E-state index in [1.54, 1.807) is 12.2 Å². The molecule has 0 aromatic heterocycles. The number of carbonyl (C=O) groups is 3. The van der Waals surface area contributed by atoms with Crippen molar-refractivity contribution in [2.75, 3.05) is 0 Å². The van der Waals surface area contributed by atoms with Crippen LogP contribution in [0, 0.1) is 34.0 Å². The van der Waals surface area contributed by atoms with E-state index in [9.17, 15) is 19.5 Å². The average molecular weight is 659 g/mol. The van der Waals surface area contributed by atoms with E-state index in [0.717, 1.165) is 35.1 Å². The van der Waals surface area contributed by atoms with E-state index in [0.29, 0.717) is 25.7 Å².